The number of nitrogens with one attached hydrogen (secondary N) is 2. The highest BCUT2D eigenvalue weighted by atomic mass is 32.2. The summed E-state index contributed by atoms with van der Waals surface area (Å²) in [6.45, 7) is 8.20. The third-order valence-electron chi connectivity index (χ3n) is 4.35. The van der Waals surface area contributed by atoms with E-state index in [0.29, 0.717) is 32.7 Å². The Morgan fingerprint density at radius 1 is 1.14 bits per heavy atom. The predicted octanol–water partition coefficient (Wildman–Crippen LogP) is -0.0617. The van der Waals surface area contributed by atoms with E-state index in [-0.39, 0.29) is 22.9 Å². The van der Waals surface area contributed by atoms with Crippen LogP contribution >= 0.6 is 0 Å². The van der Waals surface area contributed by atoms with E-state index >= 15 is 0 Å². The molecule has 28 heavy (non-hydrogen) atoms. The predicted molar refractivity (Wildman–Crippen MR) is 99.0 cm³/mol. The molecule has 0 spiro atoms. The van der Waals surface area contributed by atoms with Gasteiger partial charge in [-0.05, 0) is 45.0 Å². The SMILES string of the molecule is CC(C)(C)NC(=O)C[NH+]1CCN(C(=O)c2ccc(S(=O)(=O)C(F)F)cc2)CC1. The number of carbonyl (C=O) groups is 2. The molecule has 0 unspecified atom stereocenters. The fourth-order valence-electron chi connectivity index (χ4n) is 2.96. The smallest absolute Gasteiger partial charge is 0.341 e. The van der Waals surface area contributed by atoms with Gasteiger partial charge in [0.15, 0.2) is 6.54 Å². The molecule has 1 aliphatic rings. The Kier molecular flexibility index (Phi) is 6.76. The number of hydrogen-bond acceptors (Lipinski definition) is 4. The lowest BCUT2D eigenvalue weighted by molar-refractivity contribution is -0.896. The van der Waals surface area contributed by atoms with Crippen LogP contribution in [0.1, 0.15) is 31.1 Å². The molecule has 0 radical (unpaired) electrons. The van der Waals surface area contributed by atoms with Crippen molar-refractivity contribution in [2.45, 2.75) is 37.0 Å². The number of halogens is 2. The standard InChI is InChI=1S/C18H25F2N3O4S/c1-18(2,3)21-15(24)12-22-8-10-23(11-9-22)16(25)13-4-6-14(7-5-13)28(26,27)17(19)20/h4-7,17H,8-12H2,1-3H3,(H,21,24)/p+1. The van der Waals surface area contributed by atoms with Gasteiger partial charge >= 0.3 is 5.76 Å². The van der Waals surface area contributed by atoms with Crippen LogP contribution in [0.25, 0.3) is 0 Å². The van der Waals surface area contributed by atoms with E-state index in [1.54, 1.807) is 4.90 Å². The van der Waals surface area contributed by atoms with E-state index in [1.807, 2.05) is 20.8 Å². The Balaban J connectivity index is 1.92. The first-order chi connectivity index (χ1) is 12.9. The summed E-state index contributed by atoms with van der Waals surface area (Å²) in [6.07, 6.45) is 0. The van der Waals surface area contributed by atoms with Crippen LogP contribution in [0.4, 0.5) is 8.78 Å². The first-order valence-electron chi connectivity index (χ1n) is 8.96. The fourth-order valence-corrected chi connectivity index (χ4v) is 3.69. The van der Waals surface area contributed by atoms with Gasteiger partial charge < -0.3 is 15.1 Å². The maximum absolute atomic E-state index is 12.6. The molecule has 0 saturated carbocycles. The Bertz CT molecular complexity index is 812. The van der Waals surface area contributed by atoms with Crippen molar-refractivity contribution < 1.29 is 31.7 Å². The molecule has 2 N–H and O–H groups in total. The largest absolute Gasteiger partial charge is 0.347 e. The summed E-state index contributed by atoms with van der Waals surface area (Å²) in [5.41, 5.74) is -0.0553. The Labute approximate surface area is 163 Å². The van der Waals surface area contributed by atoms with Crippen molar-refractivity contribution in [2.75, 3.05) is 32.7 Å². The van der Waals surface area contributed by atoms with Gasteiger partial charge in [-0.3, -0.25) is 9.59 Å². The van der Waals surface area contributed by atoms with Gasteiger partial charge in [0.1, 0.15) is 0 Å². The summed E-state index contributed by atoms with van der Waals surface area (Å²) in [5.74, 6) is -3.84. The van der Waals surface area contributed by atoms with Gasteiger partial charge in [0.2, 0.25) is 9.84 Å². The zero-order valence-corrected chi connectivity index (χ0v) is 17.0. The number of nitrogens with zero attached hydrogens (tertiary/aromatic N) is 1. The number of rotatable bonds is 5. The monoisotopic (exact) mass is 418 g/mol. The Hall–Kier alpha value is -2.07. The van der Waals surface area contributed by atoms with E-state index < -0.39 is 20.5 Å². The second kappa shape index (κ2) is 8.52. The molecule has 1 saturated heterocycles. The molecule has 10 heteroatoms. The van der Waals surface area contributed by atoms with Crippen LogP contribution in [0.5, 0.6) is 0 Å². The van der Waals surface area contributed by atoms with Crippen molar-refractivity contribution >= 4 is 21.7 Å². The maximum Gasteiger partial charge on any atom is 0.341 e. The molecule has 156 valence electrons. The van der Waals surface area contributed by atoms with Crippen LogP contribution in [0, 0.1) is 0 Å². The van der Waals surface area contributed by atoms with E-state index in [4.69, 9.17) is 0 Å². The quantitative estimate of drug-likeness (QED) is 0.701. The lowest BCUT2D eigenvalue weighted by Crippen LogP contribution is -3.16. The number of quaternary nitrogens is 1. The number of sulfone groups is 1. The van der Waals surface area contributed by atoms with Gasteiger partial charge in [0.05, 0.1) is 31.1 Å². The normalized spacial score (nSPS) is 16.3. The molecule has 2 rings (SSSR count). The summed E-state index contributed by atoms with van der Waals surface area (Å²) in [5, 5.41) is 2.91. The average molecular weight is 418 g/mol. The first kappa shape index (κ1) is 22.2. The summed E-state index contributed by atoms with van der Waals surface area (Å²) < 4.78 is 48.0. The number of hydrogen-bond donors (Lipinski definition) is 2. The van der Waals surface area contributed by atoms with Gasteiger partial charge in [-0.15, -0.1) is 0 Å². The molecule has 1 fully saturated rings. The molecular formula is C18H26F2N3O4S+. The second-order valence-electron chi connectivity index (χ2n) is 7.85. The van der Waals surface area contributed by atoms with Crippen LogP contribution in [-0.4, -0.2) is 69.2 Å². The van der Waals surface area contributed by atoms with Crippen LogP contribution in [0.3, 0.4) is 0 Å². The van der Waals surface area contributed by atoms with Crippen LogP contribution in [0.2, 0.25) is 0 Å². The third kappa shape index (κ3) is 5.71. The highest BCUT2D eigenvalue weighted by Gasteiger charge is 2.29. The van der Waals surface area contributed by atoms with Gasteiger partial charge in [-0.2, -0.15) is 8.78 Å². The second-order valence-corrected chi connectivity index (χ2v) is 9.76. The molecule has 0 bridgehead atoms. The van der Waals surface area contributed by atoms with E-state index in [0.717, 1.165) is 17.0 Å². The van der Waals surface area contributed by atoms with Gasteiger partial charge in [0, 0.05) is 11.1 Å². The van der Waals surface area contributed by atoms with Crippen molar-refractivity contribution in [3.05, 3.63) is 29.8 Å². The molecule has 1 aromatic rings. The number of alkyl halides is 2. The lowest BCUT2D eigenvalue weighted by atomic mass is 10.1. The number of carbonyl (C=O) groups excluding carboxylic acids is 2. The van der Waals surface area contributed by atoms with Crippen LogP contribution < -0.4 is 10.2 Å². The van der Waals surface area contributed by atoms with Crippen molar-refractivity contribution in [1.29, 1.82) is 0 Å². The third-order valence-corrected chi connectivity index (χ3v) is 5.75. The molecule has 0 aliphatic carbocycles. The van der Waals surface area contributed by atoms with Crippen LogP contribution in [0.15, 0.2) is 29.2 Å². The van der Waals surface area contributed by atoms with Crippen molar-refractivity contribution in [3.8, 4) is 0 Å². The highest BCUT2D eigenvalue weighted by molar-refractivity contribution is 7.91. The fraction of sp³-hybridized carbons (Fsp3) is 0.556. The summed E-state index contributed by atoms with van der Waals surface area (Å²) in [7, 11) is -4.68. The van der Waals surface area contributed by atoms with Gasteiger partial charge in [-0.1, -0.05) is 0 Å². The van der Waals surface area contributed by atoms with E-state index in [1.165, 1.54) is 12.1 Å². The van der Waals surface area contributed by atoms with E-state index in [2.05, 4.69) is 5.32 Å². The molecule has 2 amide bonds. The number of benzene rings is 1. The van der Waals surface area contributed by atoms with Crippen molar-refractivity contribution in [1.82, 2.24) is 10.2 Å². The minimum Gasteiger partial charge on any atom is -0.347 e. The zero-order chi connectivity index (χ0) is 21.1. The van der Waals surface area contributed by atoms with Crippen molar-refractivity contribution in [3.63, 3.8) is 0 Å². The minimum atomic E-state index is -4.68. The zero-order valence-electron chi connectivity index (χ0n) is 16.2. The topological polar surface area (TPSA) is 88.0 Å². The van der Waals surface area contributed by atoms with Crippen LogP contribution in [-0.2, 0) is 14.6 Å². The van der Waals surface area contributed by atoms with Gasteiger partial charge in [0.25, 0.3) is 11.8 Å². The number of amides is 2. The Morgan fingerprint density at radius 3 is 2.14 bits per heavy atom. The maximum atomic E-state index is 12.6. The highest BCUT2D eigenvalue weighted by Crippen LogP contribution is 2.19. The summed E-state index contributed by atoms with van der Waals surface area (Å²) in [4.78, 5) is 26.7. The number of piperazine rings is 1. The lowest BCUT2D eigenvalue weighted by Gasteiger charge is -2.32. The molecule has 0 atom stereocenters. The Morgan fingerprint density at radius 2 is 1.68 bits per heavy atom. The molecule has 7 nitrogen and oxygen atoms in total. The average Bonchev–Trinajstić information content (AvgIpc) is 2.60. The molecule has 1 aromatic carbocycles. The van der Waals surface area contributed by atoms with Gasteiger partial charge in [-0.25, -0.2) is 8.42 Å². The first-order valence-corrected chi connectivity index (χ1v) is 10.5. The molecule has 1 heterocycles. The minimum absolute atomic E-state index is 0.0434. The summed E-state index contributed by atoms with van der Waals surface area (Å²) in [6, 6.07) is 4.53. The molecule has 1 aliphatic heterocycles. The van der Waals surface area contributed by atoms with Crippen molar-refractivity contribution in [2.24, 2.45) is 0 Å². The molecule has 0 aromatic heterocycles. The molecular weight excluding hydrogens is 392 g/mol. The summed E-state index contributed by atoms with van der Waals surface area (Å²) >= 11 is 0. The van der Waals surface area contributed by atoms with E-state index in [9.17, 15) is 26.8 Å².